The van der Waals surface area contributed by atoms with Gasteiger partial charge in [0.2, 0.25) is 0 Å². The van der Waals surface area contributed by atoms with Crippen molar-refractivity contribution in [2.24, 2.45) is 0 Å². The van der Waals surface area contributed by atoms with Crippen molar-refractivity contribution in [3.8, 4) is 0 Å². The Labute approximate surface area is 141 Å². The first-order valence-electron chi connectivity index (χ1n) is 7.97. The van der Waals surface area contributed by atoms with Gasteiger partial charge in [0.1, 0.15) is 17.8 Å². The van der Waals surface area contributed by atoms with E-state index in [0.717, 1.165) is 47.6 Å². The third-order valence-corrected chi connectivity index (χ3v) is 4.44. The van der Waals surface area contributed by atoms with Crippen molar-refractivity contribution in [1.29, 1.82) is 0 Å². The highest BCUT2D eigenvalue weighted by Gasteiger charge is 2.30. The quantitative estimate of drug-likeness (QED) is 0.759. The summed E-state index contributed by atoms with van der Waals surface area (Å²) in [4.78, 5) is 13.6. The summed E-state index contributed by atoms with van der Waals surface area (Å²) in [6.07, 6.45) is -0.100. The van der Waals surface area contributed by atoms with Gasteiger partial charge in [-0.25, -0.2) is 9.97 Å². The van der Waals surface area contributed by atoms with Crippen LogP contribution in [0.25, 0.3) is 11.0 Å². The molecule has 130 valence electrons. The highest BCUT2D eigenvalue weighted by atomic mass is 19.4. The van der Waals surface area contributed by atoms with Gasteiger partial charge in [-0.3, -0.25) is 0 Å². The Morgan fingerprint density at radius 2 is 1.92 bits per heavy atom. The SMILES string of the molecule is FC(F)(F)c1ccc(N2CCC(Nc3ncnc4[nH]ccc34)C2)cc1. The standard InChI is InChI=1S/C17H16F3N5/c18-17(19,20)11-1-3-13(4-2-11)25-8-6-12(9-25)24-16-14-5-7-21-15(14)22-10-23-16/h1-5,7,10,12H,6,8-9H2,(H2,21,22,23,24). The minimum atomic E-state index is -4.30. The number of anilines is 2. The van der Waals surface area contributed by atoms with Crippen LogP contribution < -0.4 is 10.2 Å². The number of nitrogens with zero attached hydrogens (tertiary/aromatic N) is 3. The van der Waals surface area contributed by atoms with E-state index in [1.54, 1.807) is 0 Å². The summed E-state index contributed by atoms with van der Waals surface area (Å²) in [5.74, 6) is 0.769. The second-order valence-corrected chi connectivity index (χ2v) is 6.08. The molecule has 0 amide bonds. The molecule has 1 fully saturated rings. The minimum Gasteiger partial charge on any atom is -0.369 e. The zero-order valence-electron chi connectivity index (χ0n) is 13.2. The summed E-state index contributed by atoms with van der Waals surface area (Å²) in [6.45, 7) is 1.49. The number of alkyl halides is 3. The van der Waals surface area contributed by atoms with Gasteiger partial charge >= 0.3 is 6.18 Å². The maximum Gasteiger partial charge on any atom is 0.416 e. The summed E-state index contributed by atoms with van der Waals surface area (Å²) in [5, 5.41) is 4.34. The number of aromatic amines is 1. The van der Waals surface area contributed by atoms with Gasteiger partial charge in [-0.2, -0.15) is 13.2 Å². The van der Waals surface area contributed by atoms with E-state index in [2.05, 4.69) is 25.2 Å². The van der Waals surface area contributed by atoms with Crippen LogP contribution in [0.3, 0.4) is 0 Å². The fourth-order valence-corrected chi connectivity index (χ4v) is 3.15. The highest BCUT2D eigenvalue weighted by Crippen LogP contribution is 2.31. The van der Waals surface area contributed by atoms with Gasteiger partial charge in [0, 0.05) is 31.0 Å². The Bertz CT molecular complexity index is 872. The Morgan fingerprint density at radius 3 is 2.68 bits per heavy atom. The Balaban J connectivity index is 1.45. The lowest BCUT2D eigenvalue weighted by Crippen LogP contribution is -2.26. The summed E-state index contributed by atoms with van der Waals surface area (Å²) in [6, 6.07) is 7.41. The molecule has 1 saturated heterocycles. The van der Waals surface area contributed by atoms with E-state index in [0.29, 0.717) is 6.54 Å². The Kier molecular flexibility index (Phi) is 3.74. The number of rotatable bonds is 3. The molecule has 1 aliphatic heterocycles. The van der Waals surface area contributed by atoms with Crippen molar-refractivity contribution in [2.45, 2.75) is 18.6 Å². The first kappa shape index (κ1) is 15.7. The molecule has 4 rings (SSSR count). The molecule has 1 aromatic carbocycles. The third-order valence-electron chi connectivity index (χ3n) is 4.44. The number of aromatic nitrogens is 3. The zero-order valence-corrected chi connectivity index (χ0v) is 13.2. The molecule has 0 radical (unpaired) electrons. The summed E-state index contributed by atoms with van der Waals surface area (Å²) >= 11 is 0. The van der Waals surface area contributed by atoms with Crippen LogP contribution >= 0.6 is 0 Å². The van der Waals surface area contributed by atoms with Crippen LogP contribution in [0, 0.1) is 0 Å². The molecule has 0 spiro atoms. The molecular weight excluding hydrogens is 331 g/mol. The predicted octanol–water partition coefficient (Wildman–Crippen LogP) is 3.67. The number of halogens is 3. The van der Waals surface area contributed by atoms with E-state index in [9.17, 15) is 13.2 Å². The van der Waals surface area contributed by atoms with Crippen molar-refractivity contribution < 1.29 is 13.2 Å². The summed E-state index contributed by atoms with van der Waals surface area (Å²) < 4.78 is 38.0. The van der Waals surface area contributed by atoms with E-state index in [1.165, 1.54) is 18.5 Å². The van der Waals surface area contributed by atoms with Crippen LogP contribution in [0.4, 0.5) is 24.7 Å². The molecule has 1 atom stereocenters. The fraction of sp³-hybridized carbons (Fsp3) is 0.294. The maximum absolute atomic E-state index is 12.7. The van der Waals surface area contributed by atoms with Crippen LogP contribution in [0.15, 0.2) is 42.9 Å². The molecule has 1 unspecified atom stereocenters. The second-order valence-electron chi connectivity index (χ2n) is 6.08. The van der Waals surface area contributed by atoms with Crippen LogP contribution in [0.2, 0.25) is 0 Å². The molecule has 5 nitrogen and oxygen atoms in total. The zero-order chi connectivity index (χ0) is 17.4. The number of hydrogen-bond donors (Lipinski definition) is 2. The smallest absolute Gasteiger partial charge is 0.369 e. The Hall–Kier alpha value is -2.77. The molecule has 1 aliphatic rings. The van der Waals surface area contributed by atoms with E-state index in [4.69, 9.17) is 0 Å². The average molecular weight is 347 g/mol. The largest absolute Gasteiger partial charge is 0.416 e. The molecule has 3 heterocycles. The first-order valence-corrected chi connectivity index (χ1v) is 7.97. The van der Waals surface area contributed by atoms with Crippen LogP contribution in [-0.4, -0.2) is 34.1 Å². The molecule has 0 aliphatic carbocycles. The molecular formula is C17H16F3N5. The lowest BCUT2D eigenvalue weighted by Gasteiger charge is -2.20. The predicted molar refractivity (Wildman–Crippen MR) is 89.6 cm³/mol. The van der Waals surface area contributed by atoms with Crippen LogP contribution in [0.1, 0.15) is 12.0 Å². The fourth-order valence-electron chi connectivity index (χ4n) is 3.15. The second kappa shape index (κ2) is 5.94. The summed E-state index contributed by atoms with van der Waals surface area (Å²) in [5.41, 5.74) is 0.947. The van der Waals surface area contributed by atoms with E-state index in [-0.39, 0.29) is 6.04 Å². The normalized spacial score (nSPS) is 18.0. The van der Waals surface area contributed by atoms with Crippen molar-refractivity contribution in [3.05, 3.63) is 48.4 Å². The van der Waals surface area contributed by atoms with Crippen molar-refractivity contribution in [1.82, 2.24) is 15.0 Å². The number of hydrogen-bond acceptors (Lipinski definition) is 4. The van der Waals surface area contributed by atoms with Gasteiger partial charge < -0.3 is 15.2 Å². The van der Waals surface area contributed by atoms with Crippen molar-refractivity contribution in [2.75, 3.05) is 23.3 Å². The van der Waals surface area contributed by atoms with Crippen LogP contribution in [0.5, 0.6) is 0 Å². The minimum absolute atomic E-state index is 0.176. The van der Waals surface area contributed by atoms with Crippen molar-refractivity contribution >= 4 is 22.5 Å². The number of nitrogens with one attached hydrogen (secondary N) is 2. The molecule has 8 heteroatoms. The molecule has 0 saturated carbocycles. The van der Waals surface area contributed by atoms with Gasteiger partial charge in [-0.05, 0) is 36.8 Å². The third kappa shape index (κ3) is 3.11. The molecule has 25 heavy (non-hydrogen) atoms. The maximum atomic E-state index is 12.7. The van der Waals surface area contributed by atoms with Gasteiger partial charge in [-0.1, -0.05) is 0 Å². The Morgan fingerprint density at radius 1 is 1.12 bits per heavy atom. The van der Waals surface area contributed by atoms with E-state index >= 15 is 0 Å². The number of H-pyrrole nitrogens is 1. The van der Waals surface area contributed by atoms with Crippen LogP contribution in [-0.2, 0) is 6.18 Å². The van der Waals surface area contributed by atoms with E-state index in [1.807, 2.05) is 12.3 Å². The van der Waals surface area contributed by atoms with Gasteiger partial charge in [0.05, 0.1) is 10.9 Å². The molecule has 2 N–H and O–H groups in total. The molecule has 3 aromatic rings. The topological polar surface area (TPSA) is 56.8 Å². The van der Waals surface area contributed by atoms with Gasteiger partial charge in [0.15, 0.2) is 0 Å². The monoisotopic (exact) mass is 347 g/mol. The molecule has 0 bridgehead atoms. The number of benzene rings is 1. The first-order chi connectivity index (χ1) is 12.0. The van der Waals surface area contributed by atoms with Crippen molar-refractivity contribution in [3.63, 3.8) is 0 Å². The lowest BCUT2D eigenvalue weighted by atomic mass is 10.2. The van der Waals surface area contributed by atoms with Gasteiger partial charge in [-0.15, -0.1) is 0 Å². The average Bonchev–Trinajstić information content (AvgIpc) is 3.24. The molecule has 2 aromatic heterocycles. The highest BCUT2D eigenvalue weighted by molar-refractivity contribution is 5.86. The van der Waals surface area contributed by atoms with Gasteiger partial charge in [0.25, 0.3) is 0 Å². The lowest BCUT2D eigenvalue weighted by molar-refractivity contribution is -0.137. The number of fused-ring (bicyclic) bond motifs is 1. The summed E-state index contributed by atoms with van der Waals surface area (Å²) in [7, 11) is 0. The van der Waals surface area contributed by atoms with E-state index < -0.39 is 11.7 Å².